The minimum Gasteiger partial charge on any atom is -0.457 e. The van der Waals surface area contributed by atoms with Gasteiger partial charge in [0, 0.05) is 22.3 Å². The molecule has 2 heterocycles. The maximum absolute atomic E-state index is 12.7. The molecule has 4 rings (SSSR count). The third-order valence-electron chi connectivity index (χ3n) is 4.30. The minimum absolute atomic E-state index is 0.299. The second-order valence-corrected chi connectivity index (χ2v) is 6.90. The molecule has 1 atom stereocenters. The van der Waals surface area contributed by atoms with E-state index in [9.17, 15) is 4.79 Å². The van der Waals surface area contributed by atoms with Gasteiger partial charge in [0.1, 0.15) is 24.9 Å². The molecule has 138 valence electrons. The molecule has 4 aromatic rings. The molecule has 2 N–H and O–H groups in total. The summed E-state index contributed by atoms with van der Waals surface area (Å²) in [5, 5.41) is 7.84. The molecule has 2 aromatic heterocycles. The van der Waals surface area contributed by atoms with Crippen LogP contribution in [0.5, 0.6) is 0 Å². The van der Waals surface area contributed by atoms with E-state index >= 15 is 0 Å². The number of halogens is 1. The Morgan fingerprint density at radius 1 is 1.07 bits per heavy atom. The van der Waals surface area contributed by atoms with Crippen LogP contribution in [0.25, 0.3) is 11.0 Å². The Labute approximate surface area is 168 Å². The molecule has 0 aliphatic heterocycles. The Morgan fingerprint density at radius 2 is 1.86 bits per heavy atom. The lowest BCUT2D eigenvalue weighted by atomic mass is 9.99. The van der Waals surface area contributed by atoms with E-state index in [1.165, 1.54) is 0 Å². The molecule has 0 saturated carbocycles. The van der Waals surface area contributed by atoms with E-state index in [0.29, 0.717) is 16.5 Å². The molecule has 28 heavy (non-hydrogen) atoms. The first kappa shape index (κ1) is 18.1. The van der Waals surface area contributed by atoms with Crippen LogP contribution in [0.4, 0.5) is 5.69 Å². The van der Waals surface area contributed by atoms with Crippen molar-refractivity contribution in [1.29, 1.82) is 0 Å². The average Bonchev–Trinajstić information content (AvgIpc) is 3.14. The molecule has 0 bridgehead atoms. The smallest absolute Gasteiger partial charge is 0.271 e. The fraction of sp³-hybridized carbons (Fsp3) is 0.0476. The number of hydrogen-bond donors (Lipinski definition) is 2. The van der Waals surface area contributed by atoms with Crippen molar-refractivity contribution in [2.45, 2.75) is 6.17 Å². The number of pyridine rings is 1. The highest BCUT2D eigenvalue weighted by atomic mass is 35.5. The number of fused-ring (bicyclic) bond motifs is 1. The number of nitrogens with zero attached hydrogens (tertiary/aromatic N) is 1. The Kier molecular flexibility index (Phi) is 5.04. The number of rotatable bonds is 5. The molecule has 7 heteroatoms. The third kappa shape index (κ3) is 4.02. The monoisotopic (exact) mass is 389 g/mol. The number of anilines is 1. The zero-order valence-corrected chi connectivity index (χ0v) is 15.9. The van der Waals surface area contributed by atoms with E-state index in [4.69, 9.17) is 16.0 Å². The molecule has 0 spiro atoms. The fourth-order valence-electron chi connectivity index (χ4n) is 2.84. The highest BCUT2D eigenvalue weighted by molar-refractivity contribution is 6.32. The average molecular weight is 390 g/mol. The summed E-state index contributed by atoms with van der Waals surface area (Å²) in [6.07, 6.45) is 1.08. The molecule has 2 aromatic carbocycles. The number of carbonyl (C=O) groups excluding carboxylic acids is 1. The number of furan rings is 1. The van der Waals surface area contributed by atoms with E-state index in [2.05, 4.69) is 15.6 Å². The maximum atomic E-state index is 12.7. The van der Waals surface area contributed by atoms with Crippen molar-refractivity contribution in [3.8, 4) is 0 Å². The maximum Gasteiger partial charge on any atom is 0.271 e. The number of aromatic nitrogens is 1. The Morgan fingerprint density at radius 3 is 2.57 bits per heavy atom. The van der Waals surface area contributed by atoms with Crippen molar-refractivity contribution in [2.75, 3.05) is 5.32 Å². The van der Waals surface area contributed by atoms with Crippen LogP contribution in [0.2, 0.25) is 5.02 Å². The first-order valence-electron chi connectivity index (χ1n) is 8.82. The first-order chi connectivity index (χ1) is 13.6. The highest BCUT2D eigenvalue weighted by Gasteiger charge is 2.20. The zero-order chi connectivity index (χ0) is 19.5. The van der Waals surface area contributed by atoms with Gasteiger partial charge in [0.25, 0.3) is 5.91 Å². The lowest BCUT2D eigenvalue weighted by Crippen LogP contribution is -2.34. The van der Waals surface area contributed by atoms with Crippen LogP contribution >= 0.6 is 11.6 Å². The van der Waals surface area contributed by atoms with E-state index in [0.717, 1.165) is 22.1 Å². The van der Waals surface area contributed by atoms with Crippen LogP contribution in [0.3, 0.4) is 0 Å². The third-order valence-corrected chi connectivity index (χ3v) is 4.56. The Bertz CT molecular complexity index is 1080. The molecule has 0 radical (unpaired) electrons. The Hall–Kier alpha value is -3.25. The molecular formula is C21H17BClN3O2. The van der Waals surface area contributed by atoms with Crippen molar-refractivity contribution in [2.24, 2.45) is 0 Å². The molecule has 0 saturated heterocycles. The number of hydrogen-bond acceptors (Lipinski definition) is 4. The molecule has 1 unspecified atom stereocenters. The van der Waals surface area contributed by atoms with Crippen LogP contribution in [-0.4, -0.2) is 18.7 Å². The molecule has 0 aliphatic rings. The van der Waals surface area contributed by atoms with Gasteiger partial charge < -0.3 is 15.1 Å². The zero-order valence-electron chi connectivity index (χ0n) is 15.1. The number of benzene rings is 2. The number of amides is 1. The summed E-state index contributed by atoms with van der Waals surface area (Å²) in [4.78, 5) is 16.9. The van der Waals surface area contributed by atoms with Crippen LogP contribution in [0.15, 0.2) is 77.3 Å². The summed E-state index contributed by atoms with van der Waals surface area (Å²) in [5.41, 5.74) is 2.88. The summed E-state index contributed by atoms with van der Waals surface area (Å²) >= 11 is 5.97. The van der Waals surface area contributed by atoms with Gasteiger partial charge in [-0.15, -0.1) is 0 Å². The van der Waals surface area contributed by atoms with Gasteiger partial charge in [0.05, 0.1) is 0 Å². The van der Waals surface area contributed by atoms with Crippen molar-refractivity contribution >= 4 is 47.5 Å². The van der Waals surface area contributed by atoms with Gasteiger partial charge in [0.2, 0.25) is 0 Å². The molecular weight excluding hydrogens is 373 g/mol. The first-order valence-corrected chi connectivity index (χ1v) is 9.20. The number of para-hydroxylation sites is 1. The summed E-state index contributed by atoms with van der Waals surface area (Å²) < 4.78 is 5.96. The van der Waals surface area contributed by atoms with Gasteiger partial charge in [-0.05, 0) is 42.5 Å². The summed E-state index contributed by atoms with van der Waals surface area (Å²) in [5.74, 6) is 0.295. The quantitative estimate of drug-likeness (QED) is 0.406. The van der Waals surface area contributed by atoms with Crippen molar-refractivity contribution in [1.82, 2.24) is 10.3 Å². The normalized spacial score (nSPS) is 11.9. The van der Waals surface area contributed by atoms with Gasteiger partial charge in [0.15, 0.2) is 6.17 Å². The number of nitrogens with one attached hydrogen (secondary N) is 2. The SMILES string of the molecule is Bc1ccc(C(=O)NC(Nc2ccc(Cl)cc2)c2cc3ccccc3o2)nc1. The van der Waals surface area contributed by atoms with Gasteiger partial charge >= 0.3 is 0 Å². The van der Waals surface area contributed by atoms with Crippen LogP contribution in [-0.2, 0) is 0 Å². The van der Waals surface area contributed by atoms with Gasteiger partial charge in [-0.2, -0.15) is 0 Å². The Balaban J connectivity index is 1.64. The van der Waals surface area contributed by atoms with E-state index in [1.807, 2.05) is 56.4 Å². The highest BCUT2D eigenvalue weighted by Crippen LogP contribution is 2.26. The topological polar surface area (TPSA) is 67.2 Å². The molecule has 1 amide bonds. The van der Waals surface area contributed by atoms with Crippen LogP contribution in [0, 0.1) is 0 Å². The van der Waals surface area contributed by atoms with Crippen molar-refractivity contribution < 1.29 is 9.21 Å². The van der Waals surface area contributed by atoms with E-state index in [-0.39, 0.29) is 5.91 Å². The van der Waals surface area contributed by atoms with Crippen molar-refractivity contribution in [3.63, 3.8) is 0 Å². The second kappa shape index (κ2) is 7.78. The van der Waals surface area contributed by atoms with Crippen LogP contribution < -0.4 is 16.1 Å². The van der Waals surface area contributed by atoms with E-state index < -0.39 is 6.17 Å². The predicted octanol–water partition coefficient (Wildman–Crippen LogP) is 3.28. The van der Waals surface area contributed by atoms with Gasteiger partial charge in [-0.25, -0.2) is 0 Å². The van der Waals surface area contributed by atoms with E-state index in [1.54, 1.807) is 24.4 Å². The fourth-order valence-corrected chi connectivity index (χ4v) is 2.97. The number of carbonyl (C=O) groups is 1. The lowest BCUT2D eigenvalue weighted by Gasteiger charge is -2.19. The molecule has 5 nitrogen and oxygen atoms in total. The standard InChI is InChI=1S/C21H17BClN3O2/c22-14-5-10-17(24-12-14)21(27)26-20(25-16-8-6-15(23)7-9-16)19-11-13-3-1-2-4-18(13)28-19/h1-12,20,25H,22H2,(H,26,27). The summed E-state index contributed by atoms with van der Waals surface area (Å²) in [7, 11) is 1.92. The van der Waals surface area contributed by atoms with Crippen LogP contribution in [0.1, 0.15) is 22.4 Å². The lowest BCUT2D eigenvalue weighted by molar-refractivity contribution is 0.0932. The minimum atomic E-state index is -0.579. The summed E-state index contributed by atoms with van der Waals surface area (Å²) in [6, 6.07) is 20.4. The van der Waals surface area contributed by atoms with Gasteiger partial charge in [-0.1, -0.05) is 41.3 Å². The molecule has 0 aliphatic carbocycles. The largest absolute Gasteiger partial charge is 0.457 e. The van der Waals surface area contributed by atoms with Gasteiger partial charge in [-0.3, -0.25) is 9.78 Å². The predicted molar refractivity (Wildman–Crippen MR) is 114 cm³/mol. The second-order valence-electron chi connectivity index (χ2n) is 6.47. The molecule has 0 fully saturated rings. The van der Waals surface area contributed by atoms with Crippen molar-refractivity contribution in [3.05, 3.63) is 89.4 Å². The summed E-state index contributed by atoms with van der Waals surface area (Å²) in [6.45, 7) is 0.